The molecule has 0 aromatic carbocycles. The van der Waals surface area contributed by atoms with Gasteiger partial charge in [0, 0.05) is 19.4 Å². The van der Waals surface area contributed by atoms with Crippen LogP contribution in [0.3, 0.4) is 0 Å². The maximum Gasteiger partial charge on any atom is 0.303 e. The summed E-state index contributed by atoms with van der Waals surface area (Å²) in [4.78, 5) is 11.0. The summed E-state index contributed by atoms with van der Waals surface area (Å²) in [5.41, 5.74) is 0. The number of halogens is 2. The molecule has 0 aromatic heterocycles. The lowest BCUT2D eigenvalue weighted by molar-refractivity contribution is -0.136. The molecule has 3 nitrogen and oxygen atoms in total. The third kappa shape index (κ3) is 17.9. The number of hydrogen-bond donors (Lipinski definition) is 1. The van der Waals surface area contributed by atoms with E-state index in [9.17, 15) is 13.6 Å². The average molecular weight is 255 g/mol. The Bertz CT molecular complexity index is 176. The molecule has 17 heavy (non-hydrogen) atoms. The zero-order valence-electron chi connectivity index (χ0n) is 11.9. The van der Waals surface area contributed by atoms with Gasteiger partial charge >= 0.3 is 5.97 Å². The highest BCUT2D eigenvalue weighted by Crippen LogP contribution is 2.24. The molecule has 0 amide bonds. The molecule has 1 fully saturated rings. The summed E-state index contributed by atoms with van der Waals surface area (Å²) in [5.74, 6) is -3.15. The lowest BCUT2D eigenvalue weighted by atomic mass is 10.3. The molecule has 0 atom stereocenters. The van der Waals surface area contributed by atoms with Crippen LogP contribution in [0.25, 0.3) is 0 Å². The van der Waals surface area contributed by atoms with Gasteiger partial charge in [0.1, 0.15) is 0 Å². The third-order valence-corrected chi connectivity index (χ3v) is 1.66. The Balaban J connectivity index is -0.000000190. The molecule has 0 bridgehead atoms. The van der Waals surface area contributed by atoms with E-state index < -0.39 is 11.9 Å². The Labute approximate surface area is 104 Å². The minimum Gasteiger partial charge on any atom is -0.481 e. The fourth-order valence-electron chi connectivity index (χ4n) is 0.907. The number of likely N-dealkylation sites (tertiary alicyclic amines) is 1. The SMILES string of the molecule is CC.CC.CCC(=O)O.CN1CCC(F)(F)C1. The second-order valence-corrected chi connectivity index (χ2v) is 3.09. The minimum atomic E-state index is -2.41. The van der Waals surface area contributed by atoms with Gasteiger partial charge in [-0.1, -0.05) is 34.6 Å². The average Bonchev–Trinajstić information content (AvgIpc) is 2.63. The summed E-state index contributed by atoms with van der Waals surface area (Å²) in [6.07, 6.45) is 0.253. The number of hydrogen-bond acceptors (Lipinski definition) is 2. The first kappa shape index (κ1) is 21.6. The zero-order valence-corrected chi connectivity index (χ0v) is 11.9. The first-order valence-electron chi connectivity index (χ1n) is 6.15. The summed E-state index contributed by atoms with van der Waals surface area (Å²) in [6.45, 7) is 10.1. The summed E-state index contributed by atoms with van der Waals surface area (Å²) >= 11 is 0. The topological polar surface area (TPSA) is 40.5 Å². The lowest BCUT2D eigenvalue weighted by Crippen LogP contribution is -2.21. The molecule has 0 radical (unpaired) electrons. The van der Waals surface area contributed by atoms with E-state index in [4.69, 9.17) is 5.11 Å². The molecule has 0 spiro atoms. The quantitative estimate of drug-likeness (QED) is 0.779. The standard InChI is InChI=1S/C5H9F2N.C3H6O2.2C2H6/c1-8-3-2-5(6,7)4-8;1-2-3(4)5;2*1-2/h2-4H2,1H3;2H2,1H3,(H,4,5);2*1-2H3. The van der Waals surface area contributed by atoms with Crippen LogP contribution in [0, 0.1) is 0 Å². The van der Waals surface area contributed by atoms with E-state index in [2.05, 4.69) is 0 Å². The van der Waals surface area contributed by atoms with E-state index in [0.717, 1.165) is 0 Å². The molecule has 1 rings (SSSR count). The molecule has 0 unspecified atom stereocenters. The highest BCUT2D eigenvalue weighted by atomic mass is 19.3. The van der Waals surface area contributed by atoms with Gasteiger partial charge in [-0.05, 0) is 7.05 Å². The number of nitrogens with zero attached hydrogens (tertiary/aromatic N) is 1. The Kier molecular flexibility index (Phi) is 16.9. The maximum atomic E-state index is 12.2. The van der Waals surface area contributed by atoms with Crippen LogP contribution >= 0.6 is 0 Å². The van der Waals surface area contributed by atoms with Crippen molar-refractivity contribution in [1.82, 2.24) is 4.90 Å². The van der Waals surface area contributed by atoms with Gasteiger partial charge in [-0.2, -0.15) is 0 Å². The van der Waals surface area contributed by atoms with Crippen molar-refractivity contribution < 1.29 is 18.7 Å². The monoisotopic (exact) mass is 255 g/mol. The van der Waals surface area contributed by atoms with Crippen molar-refractivity contribution in [2.45, 2.75) is 53.4 Å². The molecule has 1 aliphatic rings. The van der Waals surface area contributed by atoms with Crippen LogP contribution in [0.15, 0.2) is 0 Å². The molecule has 1 heterocycles. The summed E-state index contributed by atoms with van der Waals surface area (Å²) < 4.78 is 24.3. The van der Waals surface area contributed by atoms with Crippen LogP contribution in [0.1, 0.15) is 47.5 Å². The van der Waals surface area contributed by atoms with E-state index in [-0.39, 0.29) is 19.4 Å². The van der Waals surface area contributed by atoms with Gasteiger partial charge in [0.2, 0.25) is 0 Å². The second kappa shape index (κ2) is 13.4. The number of rotatable bonds is 1. The smallest absolute Gasteiger partial charge is 0.303 e. The molecule has 106 valence electrons. The van der Waals surface area contributed by atoms with E-state index >= 15 is 0 Å². The number of carboxylic acids is 1. The van der Waals surface area contributed by atoms with Crippen LogP contribution in [0.2, 0.25) is 0 Å². The number of aliphatic carboxylic acids is 1. The molecular weight excluding hydrogens is 228 g/mol. The first-order chi connectivity index (χ1) is 7.87. The molecule has 0 saturated carbocycles. The van der Waals surface area contributed by atoms with E-state index in [0.29, 0.717) is 6.54 Å². The molecule has 1 aliphatic heterocycles. The van der Waals surface area contributed by atoms with Gasteiger partial charge < -0.3 is 10.0 Å². The van der Waals surface area contributed by atoms with Gasteiger partial charge in [-0.25, -0.2) is 8.78 Å². The lowest BCUT2D eigenvalue weighted by Gasteiger charge is -2.06. The fourth-order valence-corrected chi connectivity index (χ4v) is 0.907. The first-order valence-corrected chi connectivity index (χ1v) is 6.15. The van der Waals surface area contributed by atoms with Crippen molar-refractivity contribution in [1.29, 1.82) is 0 Å². The Hall–Kier alpha value is -0.710. The normalized spacial score (nSPS) is 16.5. The third-order valence-electron chi connectivity index (χ3n) is 1.66. The predicted octanol–water partition coefficient (Wildman–Crippen LogP) is 3.49. The van der Waals surface area contributed by atoms with Crippen LogP contribution in [-0.2, 0) is 4.79 Å². The van der Waals surface area contributed by atoms with Crippen LogP contribution < -0.4 is 0 Å². The Morgan fingerprint density at radius 2 is 1.65 bits per heavy atom. The van der Waals surface area contributed by atoms with Crippen molar-refractivity contribution in [2.75, 3.05) is 20.1 Å². The minimum absolute atomic E-state index is 0.0312. The number of carbonyl (C=O) groups is 1. The number of carboxylic acid groups (broad SMARTS) is 1. The van der Waals surface area contributed by atoms with Gasteiger partial charge in [0.25, 0.3) is 5.92 Å². The Morgan fingerprint density at radius 3 is 1.71 bits per heavy atom. The molecule has 1 N–H and O–H groups in total. The molecule has 1 saturated heterocycles. The molecule has 5 heteroatoms. The highest BCUT2D eigenvalue weighted by molar-refractivity contribution is 5.66. The predicted molar refractivity (Wildman–Crippen MR) is 67.7 cm³/mol. The fraction of sp³-hybridized carbons (Fsp3) is 0.917. The van der Waals surface area contributed by atoms with Gasteiger partial charge in [0.05, 0.1) is 6.54 Å². The van der Waals surface area contributed by atoms with Gasteiger partial charge in [-0.3, -0.25) is 4.79 Å². The van der Waals surface area contributed by atoms with Crippen molar-refractivity contribution in [3.05, 3.63) is 0 Å². The van der Waals surface area contributed by atoms with Crippen LogP contribution in [0.4, 0.5) is 8.78 Å². The summed E-state index contributed by atoms with van der Waals surface area (Å²) in [6, 6.07) is 0. The van der Waals surface area contributed by atoms with Crippen LogP contribution in [-0.4, -0.2) is 42.0 Å². The molecular formula is C12H27F2NO2. The van der Waals surface area contributed by atoms with Crippen molar-refractivity contribution in [3.8, 4) is 0 Å². The maximum absolute atomic E-state index is 12.2. The van der Waals surface area contributed by atoms with Crippen LogP contribution in [0.5, 0.6) is 0 Å². The zero-order chi connectivity index (χ0) is 14.5. The van der Waals surface area contributed by atoms with E-state index in [1.54, 1.807) is 18.9 Å². The van der Waals surface area contributed by atoms with E-state index in [1.165, 1.54) is 0 Å². The Morgan fingerprint density at radius 1 is 1.29 bits per heavy atom. The largest absolute Gasteiger partial charge is 0.481 e. The number of alkyl halides is 2. The van der Waals surface area contributed by atoms with Crippen molar-refractivity contribution >= 4 is 5.97 Å². The molecule has 0 aromatic rings. The van der Waals surface area contributed by atoms with Crippen molar-refractivity contribution in [2.24, 2.45) is 0 Å². The van der Waals surface area contributed by atoms with Gasteiger partial charge in [-0.15, -0.1) is 0 Å². The highest BCUT2D eigenvalue weighted by Gasteiger charge is 2.35. The van der Waals surface area contributed by atoms with Crippen molar-refractivity contribution in [3.63, 3.8) is 0 Å². The van der Waals surface area contributed by atoms with Gasteiger partial charge in [0.15, 0.2) is 0 Å². The summed E-state index contributed by atoms with van der Waals surface area (Å²) in [7, 11) is 1.71. The van der Waals surface area contributed by atoms with E-state index in [1.807, 2.05) is 27.7 Å². The molecule has 0 aliphatic carbocycles. The summed E-state index contributed by atoms with van der Waals surface area (Å²) in [5, 5.41) is 7.72. The second-order valence-electron chi connectivity index (χ2n) is 3.09.